The molecule has 0 aromatic heterocycles. The molecule has 0 spiro atoms. The first kappa shape index (κ1) is 11.6. The average Bonchev–Trinajstić information content (AvgIpc) is 2.62. The fraction of sp³-hybridized carbons (Fsp3) is 0.385. The molecular formula is C13H16N2O2. The highest BCUT2D eigenvalue weighted by molar-refractivity contribution is 5.82. The second-order valence-electron chi connectivity index (χ2n) is 4.31. The highest BCUT2D eigenvalue weighted by atomic mass is 16.2. The van der Waals surface area contributed by atoms with Gasteiger partial charge < -0.3 is 0 Å². The van der Waals surface area contributed by atoms with Crippen LogP contribution in [0.4, 0.5) is 0 Å². The van der Waals surface area contributed by atoms with E-state index >= 15 is 0 Å². The van der Waals surface area contributed by atoms with Crippen molar-refractivity contribution in [1.29, 1.82) is 0 Å². The zero-order valence-electron chi connectivity index (χ0n) is 9.85. The summed E-state index contributed by atoms with van der Waals surface area (Å²) in [5.74, 6) is -0.195. The largest absolute Gasteiger partial charge is 0.274 e. The van der Waals surface area contributed by atoms with Crippen LogP contribution in [0.2, 0.25) is 0 Å². The Morgan fingerprint density at radius 2 is 2.12 bits per heavy atom. The fourth-order valence-electron chi connectivity index (χ4n) is 2.15. The van der Waals surface area contributed by atoms with Crippen LogP contribution in [0.25, 0.3) is 0 Å². The van der Waals surface area contributed by atoms with E-state index in [-0.39, 0.29) is 17.9 Å². The maximum Gasteiger partial charge on any atom is 0.241 e. The Bertz CT molecular complexity index is 417. The van der Waals surface area contributed by atoms with Crippen LogP contribution in [0.1, 0.15) is 25.3 Å². The van der Waals surface area contributed by atoms with Crippen molar-refractivity contribution in [3.63, 3.8) is 0 Å². The number of nitrogens with zero attached hydrogens (tertiary/aromatic N) is 1. The van der Waals surface area contributed by atoms with E-state index in [1.165, 1.54) is 17.5 Å². The number of hydrogen-bond donors (Lipinski definition) is 1. The van der Waals surface area contributed by atoms with Crippen LogP contribution >= 0.6 is 0 Å². The lowest BCUT2D eigenvalue weighted by atomic mass is 10.0. The zero-order valence-corrected chi connectivity index (χ0v) is 9.85. The van der Waals surface area contributed by atoms with Crippen molar-refractivity contribution in [2.24, 2.45) is 0 Å². The van der Waals surface area contributed by atoms with Crippen LogP contribution in [0, 0.1) is 0 Å². The van der Waals surface area contributed by atoms with Gasteiger partial charge in [0.1, 0.15) is 0 Å². The molecule has 1 heterocycles. The molecule has 1 aliphatic rings. The summed E-state index contributed by atoms with van der Waals surface area (Å²) in [6, 6.07) is 10.1. The average molecular weight is 232 g/mol. The Morgan fingerprint density at radius 3 is 2.76 bits per heavy atom. The Hall–Kier alpha value is -1.84. The number of benzene rings is 1. The van der Waals surface area contributed by atoms with Crippen molar-refractivity contribution >= 4 is 11.8 Å². The molecule has 0 radical (unpaired) electrons. The monoisotopic (exact) mass is 232 g/mol. The molecule has 4 heteroatoms. The lowest BCUT2D eigenvalue weighted by Crippen LogP contribution is -2.47. The van der Waals surface area contributed by atoms with Gasteiger partial charge in [-0.3, -0.25) is 20.0 Å². The minimum atomic E-state index is -0.196. The highest BCUT2D eigenvalue weighted by Gasteiger charge is 2.31. The molecule has 1 unspecified atom stereocenters. The summed E-state index contributed by atoms with van der Waals surface area (Å²) < 4.78 is 0. The van der Waals surface area contributed by atoms with Crippen molar-refractivity contribution in [2.45, 2.75) is 32.2 Å². The van der Waals surface area contributed by atoms with E-state index < -0.39 is 0 Å². The van der Waals surface area contributed by atoms with Crippen molar-refractivity contribution in [3.05, 3.63) is 35.9 Å². The van der Waals surface area contributed by atoms with Crippen molar-refractivity contribution in [2.75, 3.05) is 0 Å². The summed E-state index contributed by atoms with van der Waals surface area (Å²) in [5, 5.41) is 1.48. The third-order valence-corrected chi connectivity index (χ3v) is 2.92. The van der Waals surface area contributed by atoms with Gasteiger partial charge in [0.2, 0.25) is 11.8 Å². The highest BCUT2D eigenvalue weighted by Crippen LogP contribution is 2.20. The minimum absolute atomic E-state index is 0.00105. The molecule has 1 N–H and O–H groups in total. The SMILES string of the molecule is CC(=O)NN1C(=O)CCC1Cc1ccccc1. The van der Waals surface area contributed by atoms with Gasteiger partial charge in [0.25, 0.3) is 0 Å². The summed E-state index contributed by atoms with van der Waals surface area (Å²) in [6.45, 7) is 1.42. The van der Waals surface area contributed by atoms with Crippen molar-refractivity contribution in [1.82, 2.24) is 10.4 Å². The standard InChI is InChI=1S/C13H16N2O2/c1-10(16)14-15-12(7-8-13(15)17)9-11-5-3-2-4-6-11/h2-6,12H,7-9H2,1H3,(H,14,16). The van der Waals surface area contributed by atoms with Crippen molar-refractivity contribution in [3.8, 4) is 0 Å². The third-order valence-electron chi connectivity index (χ3n) is 2.92. The van der Waals surface area contributed by atoms with E-state index in [2.05, 4.69) is 5.43 Å². The van der Waals surface area contributed by atoms with E-state index in [4.69, 9.17) is 0 Å². The lowest BCUT2D eigenvalue weighted by Gasteiger charge is -2.24. The molecule has 1 fully saturated rings. The van der Waals surface area contributed by atoms with Gasteiger partial charge in [0.15, 0.2) is 0 Å². The molecule has 2 rings (SSSR count). The molecular weight excluding hydrogens is 216 g/mol. The van der Waals surface area contributed by atoms with E-state index in [0.717, 1.165) is 12.8 Å². The van der Waals surface area contributed by atoms with Gasteiger partial charge in [-0.05, 0) is 18.4 Å². The molecule has 4 nitrogen and oxygen atoms in total. The molecule has 0 bridgehead atoms. The molecule has 1 aromatic carbocycles. The smallest absolute Gasteiger partial charge is 0.241 e. The fourth-order valence-corrected chi connectivity index (χ4v) is 2.15. The van der Waals surface area contributed by atoms with Gasteiger partial charge in [0.05, 0.1) is 6.04 Å². The number of hydrogen-bond acceptors (Lipinski definition) is 2. The normalized spacial score (nSPS) is 19.5. The van der Waals surface area contributed by atoms with E-state index in [1.54, 1.807) is 0 Å². The molecule has 17 heavy (non-hydrogen) atoms. The molecule has 0 aliphatic carbocycles. The Balaban J connectivity index is 2.05. The predicted octanol–water partition coefficient (Wildman–Crippen LogP) is 1.27. The van der Waals surface area contributed by atoms with Crippen LogP contribution in [0.5, 0.6) is 0 Å². The van der Waals surface area contributed by atoms with E-state index in [9.17, 15) is 9.59 Å². The van der Waals surface area contributed by atoms with Crippen LogP contribution in [0.15, 0.2) is 30.3 Å². The number of carbonyl (C=O) groups is 2. The van der Waals surface area contributed by atoms with Gasteiger partial charge in [-0.2, -0.15) is 0 Å². The lowest BCUT2D eigenvalue weighted by molar-refractivity contribution is -0.139. The van der Waals surface area contributed by atoms with Crippen LogP contribution < -0.4 is 5.43 Å². The second-order valence-corrected chi connectivity index (χ2v) is 4.31. The first-order chi connectivity index (χ1) is 8.16. The topological polar surface area (TPSA) is 49.4 Å². The Kier molecular flexibility index (Phi) is 3.42. The molecule has 90 valence electrons. The van der Waals surface area contributed by atoms with Crippen LogP contribution in [-0.4, -0.2) is 22.9 Å². The summed E-state index contributed by atoms with van der Waals surface area (Å²) in [5.41, 5.74) is 3.79. The molecule has 0 saturated carbocycles. The first-order valence-electron chi connectivity index (χ1n) is 5.80. The van der Waals surface area contributed by atoms with E-state index in [0.29, 0.717) is 6.42 Å². The second kappa shape index (κ2) is 4.99. The number of nitrogens with one attached hydrogen (secondary N) is 1. The van der Waals surface area contributed by atoms with Gasteiger partial charge in [0, 0.05) is 13.3 Å². The molecule has 1 aliphatic heterocycles. The number of hydrazine groups is 1. The summed E-state index contributed by atoms with van der Waals surface area (Å²) in [4.78, 5) is 22.7. The Morgan fingerprint density at radius 1 is 1.41 bits per heavy atom. The summed E-state index contributed by atoms with van der Waals surface area (Å²) in [7, 11) is 0. The van der Waals surface area contributed by atoms with Crippen LogP contribution in [0.3, 0.4) is 0 Å². The first-order valence-corrected chi connectivity index (χ1v) is 5.80. The van der Waals surface area contributed by atoms with Gasteiger partial charge in [-0.1, -0.05) is 30.3 Å². The van der Waals surface area contributed by atoms with Crippen LogP contribution in [-0.2, 0) is 16.0 Å². The van der Waals surface area contributed by atoms with Gasteiger partial charge >= 0.3 is 0 Å². The number of rotatable bonds is 3. The third kappa shape index (κ3) is 2.84. The Labute approximate surface area is 101 Å². The predicted molar refractivity (Wildman–Crippen MR) is 63.8 cm³/mol. The number of carbonyl (C=O) groups excluding carboxylic acids is 2. The molecule has 1 aromatic rings. The molecule has 1 saturated heterocycles. The zero-order chi connectivity index (χ0) is 12.3. The number of amides is 2. The maximum absolute atomic E-state index is 11.6. The minimum Gasteiger partial charge on any atom is -0.274 e. The molecule has 1 atom stereocenters. The van der Waals surface area contributed by atoms with Gasteiger partial charge in [-0.25, -0.2) is 0 Å². The van der Waals surface area contributed by atoms with E-state index in [1.807, 2.05) is 30.3 Å². The summed E-state index contributed by atoms with van der Waals surface area (Å²) in [6.07, 6.45) is 2.10. The van der Waals surface area contributed by atoms with Crippen molar-refractivity contribution < 1.29 is 9.59 Å². The maximum atomic E-state index is 11.6. The quantitative estimate of drug-likeness (QED) is 0.853. The van der Waals surface area contributed by atoms with Gasteiger partial charge in [-0.15, -0.1) is 0 Å². The molecule has 2 amide bonds. The summed E-state index contributed by atoms with van der Waals surface area (Å²) >= 11 is 0.